The Bertz CT molecular complexity index is 440. The quantitative estimate of drug-likeness (QED) is 0.813. The van der Waals surface area contributed by atoms with Gasteiger partial charge in [-0.3, -0.25) is 0 Å². The molecule has 2 aromatic rings. The Labute approximate surface area is 93.7 Å². The first kappa shape index (κ1) is 10.8. The van der Waals surface area contributed by atoms with Crippen LogP contribution in [-0.4, -0.2) is 31.9 Å². The molecule has 1 aromatic heterocycles. The SMILES string of the molecule is Cn1nnc(CC(CO)c2ccccc2)n1. The third kappa shape index (κ3) is 2.43. The van der Waals surface area contributed by atoms with E-state index >= 15 is 0 Å². The molecule has 0 aliphatic heterocycles. The summed E-state index contributed by atoms with van der Waals surface area (Å²) in [5.74, 6) is 0.691. The molecule has 0 aliphatic carbocycles. The van der Waals surface area contributed by atoms with Crippen molar-refractivity contribution in [2.24, 2.45) is 7.05 Å². The van der Waals surface area contributed by atoms with Gasteiger partial charge in [0.05, 0.1) is 13.7 Å². The Morgan fingerprint density at radius 2 is 2.06 bits per heavy atom. The highest BCUT2D eigenvalue weighted by molar-refractivity contribution is 5.20. The molecule has 0 fully saturated rings. The van der Waals surface area contributed by atoms with Crippen LogP contribution in [0, 0.1) is 0 Å². The first-order chi connectivity index (χ1) is 7.79. The van der Waals surface area contributed by atoms with Gasteiger partial charge in [0, 0.05) is 12.3 Å². The van der Waals surface area contributed by atoms with Gasteiger partial charge in [-0.15, -0.1) is 10.2 Å². The second-order valence-corrected chi connectivity index (χ2v) is 3.69. The van der Waals surface area contributed by atoms with Gasteiger partial charge in [-0.25, -0.2) is 0 Å². The second kappa shape index (κ2) is 4.85. The van der Waals surface area contributed by atoms with E-state index in [1.54, 1.807) is 7.05 Å². The molecule has 0 spiro atoms. The van der Waals surface area contributed by atoms with Gasteiger partial charge in [0.2, 0.25) is 0 Å². The summed E-state index contributed by atoms with van der Waals surface area (Å²) in [6.07, 6.45) is 0.606. The van der Waals surface area contributed by atoms with Gasteiger partial charge in [-0.1, -0.05) is 30.3 Å². The summed E-state index contributed by atoms with van der Waals surface area (Å²) < 4.78 is 0. The molecule has 0 radical (unpaired) electrons. The lowest BCUT2D eigenvalue weighted by atomic mass is 9.96. The third-order valence-corrected chi connectivity index (χ3v) is 2.47. The highest BCUT2D eigenvalue weighted by atomic mass is 16.3. The van der Waals surface area contributed by atoms with E-state index in [9.17, 15) is 5.11 Å². The van der Waals surface area contributed by atoms with Crippen LogP contribution in [-0.2, 0) is 13.5 Å². The van der Waals surface area contributed by atoms with Crippen molar-refractivity contribution in [1.82, 2.24) is 20.2 Å². The van der Waals surface area contributed by atoms with Gasteiger partial charge in [-0.2, -0.15) is 4.80 Å². The first-order valence-electron chi connectivity index (χ1n) is 5.18. The van der Waals surface area contributed by atoms with Crippen molar-refractivity contribution in [3.63, 3.8) is 0 Å². The fourth-order valence-corrected chi connectivity index (χ4v) is 1.64. The summed E-state index contributed by atoms with van der Waals surface area (Å²) in [4.78, 5) is 1.43. The molecule has 1 N–H and O–H groups in total. The summed E-state index contributed by atoms with van der Waals surface area (Å²) in [5, 5.41) is 21.2. The number of nitrogens with zero attached hydrogens (tertiary/aromatic N) is 4. The largest absolute Gasteiger partial charge is 0.396 e. The zero-order chi connectivity index (χ0) is 11.4. The van der Waals surface area contributed by atoms with Gasteiger partial charge in [0.15, 0.2) is 5.82 Å². The number of hydrogen-bond acceptors (Lipinski definition) is 4. The minimum absolute atomic E-state index is 0.0328. The summed E-state index contributed by atoms with van der Waals surface area (Å²) in [6.45, 7) is 0.0856. The Morgan fingerprint density at radius 3 is 2.62 bits per heavy atom. The molecule has 1 unspecified atom stereocenters. The maximum absolute atomic E-state index is 9.36. The number of rotatable bonds is 4. The van der Waals surface area contributed by atoms with Crippen LogP contribution in [0.3, 0.4) is 0 Å². The Balaban J connectivity index is 2.12. The second-order valence-electron chi connectivity index (χ2n) is 3.69. The van der Waals surface area contributed by atoms with Gasteiger partial charge < -0.3 is 5.11 Å². The van der Waals surface area contributed by atoms with Crippen LogP contribution >= 0.6 is 0 Å². The van der Waals surface area contributed by atoms with E-state index in [-0.39, 0.29) is 12.5 Å². The minimum Gasteiger partial charge on any atom is -0.396 e. The molecule has 16 heavy (non-hydrogen) atoms. The van der Waals surface area contributed by atoms with Crippen molar-refractivity contribution in [3.8, 4) is 0 Å². The van der Waals surface area contributed by atoms with Crippen molar-refractivity contribution in [1.29, 1.82) is 0 Å². The molecule has 0 saturated carbocycles. The molecule has 0 amide bonds. The van der Waals surface area contributed by atoms with E-state index in [1.165, 1.54) is 4.80 Å². The average Bonchev–Trinajstić information content (AvgIpc) is 2.73. The third-order valence-electron chi connectivity index (χ3n) is 2.47. The van der Waals surface area contributed by atoms with Crippen molar-refractivity contribution in [2.45, 2.75) is 12.3 Å². The zero-order valence-corrected chi connectivity index (χ0v) is 9.11. The standard InChI is InChI=1S/C11H14N4O/c1-15-13-11(12-14-15)7-10(8-16)9-5-3-2-4-6-9/h2-6,10,16H,7-8H2,1H3. The highest BCUT2D eigenvalue weighted by Crippen LogP contribution is 2.18. The monoisotopic (exact) mass is 218 g/mol. The molecular weight excluding hydrogens is 204 g/mol. The Kier molecular flexibility index (Phi) is 3.26. The minimum atomic E-state index is 0.0328. The number of aliphatic hydroxyl groups excluding tert-OH is 1. The molecule has 1 aromatic carbocycles. The summed E-state index contributed by atoms with van der Waals surface area (Å²) in [6, 6.07) is 9.87. The van der Waals surface area contributed by atoms with E-state index in [1.807, 2.05) is 30.3 Å². The van der Waals surface area contributed by atoms with E-state index < -0.39 is 0 Å². The maximum Gasteiger partial charge on any atom is 0.175 e. The number of tetrazole rings is 1. The molecule has 1 heterocycles. The van der Waals surface area contributed by atoms with Gasteiger partial charge >= 0.3 is 0 Å². The van der Waals surface area contributed by atoms with E-state index in [2.05, 4.69) is 15.4 Å². The molecule has 0 aliphatic rings. The van der Waals surface area contributed by atoms with Crippen molar-refractivity contribution in [3.05, 3.63) is 41.7 Å². The number of hydrogen-bond donors (Lipinski definition) is 1. The normalized spacial score (nSPS) is 12.6. The molecule has 84 valence electrons. The smallest absolute Gasteiger partial charge is 0.175 e. The van der Waals surface area contributed by atoms with Gasteiger partial charge in [-0.05, 0) is 10.8 Å². The lowest BCUT2D eigenvalue weighted by molar-refractivity contribution is 0.263. The highest BCUT2D eigenvalue weighted by Gasteiger charge is 2.13. The number of aromatic nitrogens is 4. The molecular formula is C11H14N4O. The summed E-state index contributed by atoms with van der Waals surface area (Å²) >= 11 is 0. The predicted molar refractivity (Wildman–Crippen MR) is 58.8 cm³/mol. The number of benzene rings is 1. The lowest BCUT2D eigenvalue weighted by Crippen LogP contribution is -2.09. The molecule has 5 nitrogen and oxygen atoms in total. The van der Waals surface area contributed by atoms with Crippen LogP contribution in [0.2, 0.25) is 0 Å². The average molecular weight is 218 g/mol. The predicted octanol–water partition coefficient (Wildman–Crippen LogP) is 0.529. The maximum atomic E-state index is 9.36. The number of aryl methyl sites for hydroxylation is 1. The van der Waals surface area contributed by atoms with Crippen LogP contribution in [0.5, 0.6) is 0 Å². The van der Waals surface area contributed by atoms with Crippen molar-refractivity contribution in [2.75, 3.05) is 6.61 Å². The van der Waals surface area contributed by atoms with Crippen LogP contribution in [0.25, 0.3) is 0 Å². The molecule has 0 saturated heterocycles. The molecule has 5 heteroatoms. The van der Waals surface area contributed by atoms with E-state index in [0.29, 0.717) is 12.2 Å². The molecule has 1 atom stereocenters. The molecule has 0 bridgehead atoms. The van der Waals surface area contributed by atoms with Crippen LogP contribution in [0.15, 0.2) is 30.3 Å². The molecule has 2 rings (SSSR count). The summed E-state index contributed by atoms with van der Waals surface area (Å²) in [5.41, 5.74) is 1.09. The number of aliphatic hydroxyl groups is 1. The van der Waals surface area contributed by atoms with Crippen molar-refractivity contribution >= 4 is 0 Å². The van der Waals surface area contributed by atoms with Gasteiger partial charge in [0.1, 0.15) is 0 Å². The first-order valence-corrected chi connectivity index (χ1v) is 5.18. The fourth-order valence-electron chi connectivity index (χ4n) is 1.64. The van der Waals surface area contributed by atoms with E-state index in [4.69, 9.17) is 0 Å². The Hall–Kier alpha value is -1.75. The Morgan fingerprint density at radius 1 is 1.31 bits per heavy atom. The van der Waals surface area contributed by atoms with Crippen LogP contribution < -0.4 is 0 Å². The zero-order valence-electron chi connectivity index (χ0n) is 9.11. The van der Waals surface area contributed by atoms with Crippen LogP contribution in [0.4, 0.5) is 0 Å². The van der Waals surface area contributed by atoms with Crippen molar-refractivity contribution < 1.29 is 5.11 Å². The van der Waals surface area contributed by atoms with Gasteiger partial charge in [0.25, 0.3) is 0 Å². The van der Waals surface area contributed by atoms with E-state index in [0.717, 1.165) is 5.56 Å². The fraction of sp³-hybridized carbons (Fsp3) is 0.364. The van der Waals surface area contributed by atoms with Crippen LogP contribution in [0.1, 0.15) is 17.3 Å². The topological polar surface area (TPSA) is 63.8 Å². The summed E-state index contributed by atoms with van der Waals surface area (Å²) in [7, 11) is 1.73. The lowest BCUT2D eigenvalue weighted by Gasteiger charge is -2.11.